The van der Waals surface area contributed by atoms with Crippen LogP contribution in [0, 0.1) is 13.8 Å². The van der Waals surface area contributed by atoms with Crippen LogP contribution in [0.15, 0.2) is 41.0 Å². The molecule has 1 aromatic heterocycles. The molecule has 0 bridgehead atoms. The highest BCUT2D eigenvalue weighted by molar-refractivity contribution is 8.00. The van der Waals surface area contributed by atoms with Crippen molar-refractivity contribution in [2.75, 3.05) is 16.8 Å². The smallest absolute Gasteiger partial charge is 0.327 e. The van der Waals surface area contributed by atoms with Crippen LogP contribution >= 0.6 is 11.8 Å². The lowest BCUT2D eigenvalue weighted by atomic mass is 10.1. The standard InChI is InChI=1S/C19H22N4O5S/c1-12-5-6-15(13(2)8-12)21-16(24)10-29-11-17(25)22-23-19(27)18(26)20-9-14-4-3-7-28-14/h3-8H,9-11H2,1-2H3,(H,20,26)(H,21,24)(H,22,25)(H,23,27). The molecule has 1 aromatic carbocycles. The quantitative estimate of drug-likeness (QED) is 0.393. The SMILES string of the molecule is Cc1ccc(NC(=O)CSCC(=O)NNC(=O)C(=O)NCc2ccco2)c(C)c1. The summed E-state index contributed by atoms with van der Waals surface area (Å²) >= 11 is 1.08. The van der Waals surface area contributed by atoms with Gasteiger partial charge in [0.05, 0.1) is 24.3 Å². The van der Waals surface area contributed by atoms with E-state index in [9.17, 15) is 19.2 Å². The predicted molar refractivity (Wildman–Crippen MR) is 109 cm³/mol. The minimum absolute atomic E-state index is 0.0542. The van der Waals surface area contributed by atoms with E-state index in [4.69, 9.17) is 4.42 Å². The molecule has 0 saturated carbocycles. The van der Waals surface area contributed by atoms with E-state index in [1.807, 2.05) is 37.5 Å². The fourth-order valence-corrected chi connectivity index (χ4v) is 2.87. The van der Waals surface area contributed by atoms with Crippen molar-refractivity contribution in [3.05, 3.63) is 53.5 Å². The molecule has 154 valence electrons. The molecule has 4 N–H and O–H groups in total. The molecule has 0 aliphatic rings. The number of carbonyl (C=O) groups excluding carboxylic acids is 4. The first-order valence-electron chi connectivity index (χ1n) is 8.69. The van der Waals surface area contributed by atoms with E-state index in [-0.39, 0.29) is 24.0 Å². The van der Waals surface area contributed by atoms with Crippen molar-refractivity contribution in [1.82, 2.24) is 16.2 Å². The summed E-state index contributed by atoms with van der Waals surface area (Å²) in [5.41, 5.74) is 6.90. The molecular formula is C19H22N4O5S. The van der Waals surface area contributed by atoms with E-state index in [1.165, 1.54) is 6.26 Å². The topological polar surface area (TPSA) is 130 Å². The van der Waals surface area contributed by atoms with Crippen molar-refractivity contribution in [2.45, 2.75) is 20.4 Å². The molecule has 29 heavy (non-hydrogen) atoms. The van der Waals surface area contributed by atoms with Crippen molar-refractivity contribution in [1.29, 1.82) is 0 Å². The predicted octanol–water partition coefficient (Wildman–Crippen LogP) is 1.03. The number of hydrazine groups is 1. The van der Waals surface area contributed by atoms with Gasteiger partial charge in [-0.2, -0.15) is 0 Å². The molecule has 4 amide bonds. The molecular weight excluding hydrogens is 396 g/mol. The lowest BCUT2D eigenvalue weighted by Crippen LogP contribution is -2.48. The Kier molecular flexibility index (Phi) is 8.28. The summed E-state index contributed by atoms with van der Waals surface area (Å²) in [7, 11) is 0. The number of amides is 4. The molecule has 0 fully saturated rings. The highest BCUT2D eigenvalue weighted by Crippen LogP contribution is 2.16. The highest BCUT2D eigenvalue weighted by Gasteiger charge is 2.14. The van der Waals surface area contributed by atoms with Crippen molar-refractivity contribution in [3.8, 4) is 0 Å². The fourth-order valence-electron chi connectivity index (χ4n) is 2.26. The summed E-state index contributed by atoms with van der Waals surface area (Å²) in [6, 6.07) is 8.99. The third-order valence-electron chi connectivity index (χ3n) is 3.65. The normalized spacial score (nSPS) is 10.1. The lowest BCUT2D eigenvalue weighted by molar-refractivity contribution is -0.140. The zero-order chi connectivity index (χ0) is 21.2. The van der Waals surface area contributed by atoms with E-state index < -0.39 is 17.7 Å². The second-order valence-corrected chi connectivity index (χ2v) is 7.11. The van der Waals surface area contributed by atoms with Crippen molar-refractivity contribution >= 4 is 41.1 Å². The van der Waals surface area contributed by atoms with Gasteiger partial charge in [0, 0.05) is 5.69 Å². The number of nitrogens with one attached hydrogen (secondary N) is 4. The maximum Gasteiger partial charge on any atom is 0.327 e. The van der Waals surface area contributed by atoms with Gasteiger partial charge in [-0.1, -0.05) is 17.7 Å². The Morgan fingerprint density at radius 2 is 1.72 bits per heavy atom. The van der Waals surface area contributed by atoms with Crippen LogP contribution in [0.25, 0.3) is 0 Å². The summed E-state index contributed by atoms with van der Waals surface area (Å²) in [5.74, 6) is -2.21. The Bertz CT molecular complexity index is 883. The van der Waals surface area contributed by atoms with E-state index >= 15 is 0 Å². The van der Waals surface area contributed by atoms with Crippen molar-refractivity contribution in [2.24, 2.45) is 0 Å². The van der Waals surface area contributed by atoms with E-state index in [0.717, 1.165) is 28.6 Å². The van der Waals surface area contributed by atoms with Crippen molar-refractivity contribution in [3.63, 3.8) is 0 Å². The first-order valence-corrected chi connectivity index (χ1v) is 9.85. The lowest BCUT2D eigenvalue weighted by Gasteiger charge is -2.09. The molecule has 0 atom stereocenters. The maximum atomic E-state index is 12.0. The van der Waals surface area contributed by atoms with Gasteiger partial charge >= 0.3 is 11.8 Å². The summed E-state index contributed by atoms with van der Waals surface area (Å²) in [6.07, 6.45) is 1.45. The Hall–Kier alpha value is -3.27. The van der Waals surface area contributed by atoms with Crippen LogP contribution in [-0.2, 0) is 25.7 Å². The van der Waals surface area contributed by atoms with E-state index in [1.54, 1.807) is 12.1 Å². The van der Waals surface area contributed by atoms with E-state index in [2.05, 4.69) is 16.1 Å². The van der Waals surface area contributed by atoms with Gasteiger partial charge < -0.3 is 15.1 Å². The van der Waals surface area contributed by atoms with Gasteiger partial charge in [-0.25, -0.2) is 0 Å². The number of furan rings is 1. The molecule has 2 aromatic rings. The number of hydrogen-bond acceptors (Lipinski definition) is 6. The van der Waals surface area contributed by atoms with Crippen LogP contribution in [0.2, 0.25) is 0 Å². The number of carbonyl (C=O) groups is 4. The van der Waals surface area contributed by atoms with Crippen molar-refractivity contribution < 1.29 is 23.6 Å². The zero-order valence-corrected chi connectivity index (χ0v) is 16.9. The Balaban J connectivity index is 1.61. The monoisotopic (exact) mass is 418 g/mol. The number of benzene rings is 1. The molecule has 0 spiro atoms. The van der Waals surface area contributed by atoms with Crippen LogP contribution in [0.3, 0.4) is 0 Å². The third-order valence-corrected chi connectivity index (χ3v) is 4.58. The van der Waals surface area contributed by atoms with Gasteiger partial charge in [0.1, 0.15) is 5.76 Å². The summed E-state index contributed by atoms with van der Waals surface area (Å²) < 4.78 is 5.02. The molecule has 0 aliphatic carbocycles. The molecule has 2 rings (SSSR count). The van der Waals surface area contributed by atoms with Gasteiger partial charge in [-0.05, 0) is 37.6 Å². The minimum Gasteiger partial charge on any atom is -0.467 e. The number of thioether (sulfide) groups is 1. The van der Waals surface area contributed by atoms with Gasteiger partial charge in [0.25, 0.3) is 0 Å². The first kappa shape index (κ1) is 22.0. The fraction of sp³-hybridized carbons (Fsp3) is 0.263. The maximum absolute atomic E-state index is 12.0. The first-order chi connectivity index (χ1) is 13.8. The second-order valence-electron chi connectivity index (χ2n) is 6.12. The van der Waals surface area contributed by atoms with Gasteiger partial charge in [-0.15, -0.1) is 11.8 Å². The second kappa shape index (κ2) is 10.9. The number of anilines is 1. The Labute approximate surface area is 172 Å². The summed E-state index contributed by atoms with van der Waals surface area (Å²) in [5, 5.41) is 5.12. The average molecular weight is 418 g/mol. The molecule has 0 aliphatic heterocycles. The average Bonchev–Trinajstić information content (AvgIpc) is 3.20. The number of rotatable bonds is 7. The van der Waals surface area contributed by atoms with Crippen LogP contribution in [0.5, 0.6) is 0 Å². The molecule has 0 saturated heterocycles. The largest absolute Gasteiger partial charge is 0.467 e. The van der Waals surface area contributed by atoms with Crippen LogP contribution in [-0.4, -0.2) is 35.1 Å². The van der Waals surface area contributed by atoms with Gasteiger partial charge in [-0.3, -0.25) is 30.0 Å². The molecule has 1 heterocycles. The Morgan fingerprint density at radius 1 is 0.966 bits per heavy atom. The van der Waals surface area contributed by atoms with Crippen LogP contribution in [0.4, 0.5) is 5.69 Å². The summed E-state index contributed by atoms with van der Waals surface area (Å²) in [6.45, 7) is 3.92. The number of aryl methyl sites for hydroxylation is 2. The molecule has 9 nitrogen and oxygen atoms in total. The zero-order valence-electron chi connectivity index (χ0n) is 16.0. The molecule has 10 heteroatoms. The summed E-state index contributed by atoms with van der Waals surface area (Å²) in [4.78, 5) is 46.9. The highest BCUT2D eigenvalue weighted by atomic mass is 32.2. The van der Waals surface area contributed by atoms with Gasteiger partial charge in [0.2, 0.25) is 11.8 Å². The molecule has 0 unspecified atom stereocenters. The van der Waals surface area contributed by atoms with Gasteiger partial charge in [0.15, 0.2) is 0 Å². The number of hydrogen-bond donors (Lipinski definition) is 4. The van der Waals surface area contributed by atoms with E-state index in [0.29, 0.717) is 5.76 Å². The van der Waals surface area contributed by atoms with Crippen LogP contribution in [0.1, 0.15) is 16.9 Å². The molecule has 0 radical (unpaired) electrons. The third kappa shape index (κ3) is 7.70. The van der Waals surface area contributed by atoms with Crippen LogP contribution < -0.4 is 21.5 Å². The minimum atomic E-state index is -1.01. The Morgan fingerprint density at radius 3 is 2.41 bits per heavy atom.